The topological polar surface area (TPSA) is 102 Å². The lowest BCUT2D eigenvalue weighted by molar-refractivity contribution is -0.129. The Morgan fingerprint density at radius 1 is 1.10 bits per heavy atom. The van der Waals surface area contributed by atoms with Crippen LogP contribution in [0.1, 0.15) is 23.2 Å². The first-order valence-corrected chi connectivity index (χ1v) is 14.3. The number of aliphatic hydroxyl groups is 1. The fraction of sp³-hybridized carbons (Fsp3) is 0.419. The van der Waals surface area contributed by atoms with Gasteiger partial charge in [0.15, 0.2) is 5.83 Å². The zero-order valence-electron chi connectivity index (χ0n) is 23.9. The second kappa shape index (κ2) is 11.2. The molecule has 10 nitrogen and oxygen atoms in total. The number of anilines is 2. The first kappa shape index (κ1) is 27.9. The van der Waals surface area contributed by atoms with E-state index >= 15 is 0 Å². The van der Waals surface area contributed by atoms with Gasteiger partial charge in [0.25, 0.3) is 5.91 Å². The zero-order valence-corrected chi connectivity index (χ0v) is 23.9. The van der Waals surface area contributed by atoms with Gasteiger partial charge < -0.3 is 29.4 Å². The summed E-state index contributed by atoms with van der Waals surface area (Å²) in [5.74, 6) is -1.03. The molecule has 42 heavy (non-hydrogen) atoms. The first-order valence-electron chi connectivity index (χ1n) is 14.3. The monoisotopic (exact) mass is 574 g/mol. The Labute approximate surface area is 244 Å². The Hall–Kier alpha value is -4.25. The summed E-state index contributed by atoms with van der Waals surface area (Å²) in [5, 5.41) is 12.8. The van der Waals surface area contributed by atoms with Crippen LogP contribution in [-0.2, 0) is 22.6 Å². The van der Waals surface area contributed by atoms with Crippen molar-refractivity contribution in [3.63, 3.8) is 0 Å². The summed E-state index contributed by atoms with van der Waals surface area (Å²) in [6, 6.07) is 12.3. The third-order valence-electron chi connectivity index (χ3n) is 8.65. The molecule has 3 aliphatic rings. The highest BCUT2D eigenvalue weighted by Crippen LogP contribution is 2.35. The normalized spacial score (nSPS) is 20.7. The molecule has 2 fully saturated rings. The van der Waals surface area contributed by atoms with Gasteiger partial charge >= 0.3 is 6.01 Å². The molecule has 0 unspecified atom stereocenters. The number of aryl methyl sites for hydroxylation is 1. The van der Waals surface area contributed by atoms with Crippen LogP contribution < -0.4 is 14.5 Å². The molecule has 3 aliphatic heterocycles. The second-order valence-electron chi connectivity index (χ2n) is 11.2. The van der Waals surface area contributed by atoms with E-state index in [2.05, 4.69) is 59.7 Å². The molecule has 0 radical (unpaired) electrons. The molecule has 0 aliphatic carbocycles. The van der Waals surface area contributed by atoms with Crippen LogP contribution in [0.25, 0.3) is 10.8 Å². The van der Waals surface area contributed by atoms with Crippen LogP contribution >= 0.6 is 0 Å². The van der Waals surface area contributed by atoms with Crippen LogP contribution in [0.3, 0.4) is 0 Å². The molecule has 220 valence electrons. The predicted octanol–water partition coefficient (Wildman–Crippen LogP) is 2.60. The van der Waals surface area contributed by atoms with Gasteiger partial charge in [-0.3, -0.25) is 9.59 Å². The van der Waals surface area contributed by atoms with Gasteiger partial charge in [0.05, 0.1) is 30.8 Å². The van der Waals surface area contributed by atoms with Gasteiger partial charge in [-0.25, -0.2) is 4.39 Å². The van der Waals surface area contributed by atoms with Crippen LogP contribution in [0.15, 0.2) is 48.8 Å². The number of aliphatic hydroxyl groups excluding tert-OH is 1. The zero-order chi connectivity index (χ0) is 29.5. The summed E-state index contributed by atoms with van der Waals surface area (Å²) in [4.78, 5) is 41.2. The van der Waals surface area contributed by atoms with Crippen molar-refractivity contribution in [3.05, 3.63) is 65.6 Å². The van der Waals surface area contributed by atoms with Gasteiger partial charge in [-0.1, -0.05) is 36.9 Å². The minimum Gasteiger partial charge on any atom is -0.461 e. The van der Waals surface area contributed by atoms with Gasteiger partial charge in [-0.15, -0.1) is 0 Å². The molecule has 0 saturated carbocycles. The number of nitrogens with zero attached hydrogens (tertiary/aromatic N) is 6. The highest BCUT2D eigenvalue weighted by molar-refractivity contribution is 5.97. The third kappa shape index (κ3) is 5.13. The molecule has 0 bridgehead atoms. The molecule has 2 amide bonds. The summed E-state index contributed by atoms with van der Waals surface area (Å²) in [5.41, 5.74) is 4.22. The van der Waals surface area contributed by atoms with E-state index in [9.17, 15) is 19.1 Å². The fourth-order valence-corrected chi connectivity index (χ4v) is 6.27. The number of hydrogen-bond donors (Lipinski definition) is 1. The average molecular weight is 575 g/mol. The maximum atomic E-state index is 13.5. The van der Waals surface area contributed by atoms with E-state index in [0.717, 1.165) is 29.3 Å². The van der Waals surface area contributed by atoms with E-state index in [4.69, 9.17) is 14.7 Å². The number of rotatable bonds is 6. The molecule has 2 aromatic carbocycles. The lowest BCUT2D eigenvalue weighted by Crippen LogP contribution is -2.49. The number of carbonyl (C=O) groups excluding carboxylic acids is 2. The van der Waals surface area contributed by atoms with Crippen molar-refractivity contribution >= 4 is 34.1 Å². The number of amides is 2. The van der Waals surface area contributed by atoms with Crippen molar-refractivity contribution in [3.8, 4) is 6.01 Å². The Bertz CT molecular complexity index is 1550. The molecule has 4 heterocycles. The van der Waals surface area contributed by atoms with E-state index < -0.39 is 23.9 Å². The molecule has 2 atom stereocenters. The number of hydrogen-bond acceptors (Lipinski definition) is 8. The minimum absolute atomic E-state index is 0.0640. The number of benzene rings is 2. The number of halogens is 1. The van der Waals surface area contributed by atoms with E-state index in [1.807, 2.05) is 0 Å². The van der Waals surface area contributed by atoms with Crippen molar-refractivity contribution in [2.45, 2.75) is 38.5 Å². The Morgan fingerprint density at radius 2 is 1.83 bits per heavy atom. The van der Waals surface area contributed by atoms with Crippen molar-refractivity contribution in [1.82, 2.24) is 19.8 Å². The summed E-state index contributed by atoms with van der Waals surface area (Å²) in [6.07, 6.45) is -0.0404. The highest BCUT2D eigenvalue weighted by Gasteiger charge is 2.37. The molecule has 3 aromatic rings. The van der Waals surface area contributed by atoms with Crippen LogP contribution in [-0.4, -0.2) is 95.2 Å². The number of likely N-dealkylation sites (N-methyl/N-ethyl adjacent to an activating group) is 1. The SMILES string of the molecule is C=C(F)C(=O)N1CCN(c2nc(OC[C@@H]3[C@H](O)CC(=O)N3C)nc3c2CCN(c2cccc4cccc(C)c24)C3)CC1. The van der Waals surface area contributed by atoms with Crippen molar-refractivity contribution in [1.29, 1.82) is 0 Å². The summed E-state index contributed by atoms with van der Waals surface area (Å²) in [6.45, 7) is 8.31. The van der Waals surface area contributed by atoms with E-state index in [1.54, 1.807) is 7.05 Å². The molecule has 6 rings (SSSR count). The standard InChI is InChI=1S/C31H35FN6O4/c1-19-6-4-7-21-8-5-9-24(28(19)21)38-11-10-22-23(17-38)33-31(42-18-25-26(39)16-27(40)35(25)3)34-29(22)36-12-14-37(15-13-36)30(41)20(2)32/h4-9,25-26,39H,2,10-18H2,1,3H3/t25-,26-/m1/s1. The molecule has 2 saturated heterocycles. The van der Waals surface area contributed by atoms with Gasteiger partial charge in [0.2, 0.25) is 5.91 Å². The molecular formula is C31H35FN6O4. The molecule has 0 spiro atoms. The van der Waals surface area contributed by atoms with Crippen LogP contribution in [0.5, 0.6) is 6.01 Å². The van der Waals surface area contributed by atoms with E-state index in [0.29, 0.717) is 39.1 Å². The molecular weight excluding hydrogens is 539 g/mol. The van der Waals surface area contributed by atoms with Crippen LogP contribution in [0.2, 0.25) is 0 Å². The quantitative estimate of drug-likeness (QED) is 0.449. The number of aromatic nitrogens is 2. The molecule has 11 heteroatoms. The van der Waals surface area contributed by atoms with E-state index in [1.165, 1.54) is 26.1 Å². The number of fused-ring (bicyclic) bond motifs is 2. The van der Waals surface area contributed by atoms with Crippen LogP contribution in [0.4, 0.5) is 15.9 Å². The molecule has 1 aromatic heterocycles. The molecule has 1 N–H and O–H groups in total. The Balaban J connectivity index is 1.31. The number of carbonyl (C=O) groups is 2. The van der Waals surface area contributed by atoms with Crippen molar-refractivity contribution in [2.24, 2.45) is 0 Å². The predicted molar refractivity (Wildman–Crippen MR) is 157 cm³/mol. The average Bonchev–Trinajstić information content (AvgIpc) is 3.24. The van der Waals surface area contributed by atoms with Gasteiger partial charge in [-0.05, 0) is 30.4 Å². The second-order valence-corrected chi connectivity index (χ2v) is 11.2. The Kier molecular flexibility index (Phi) is 7.44. The first-order chi connectivity index (χ1) is 20.2. The Morgan fingerprint density at radius 3 is 2.52 bits per heavy atom. The minimum atomic E-state index is -0.958. The van der Waals surface area contributed by atoms with E-state index in [-0.39, 0.29) is 24.9 Å². The largest absolute Gasteiger partial charge is 0.461 e. The van der Waals surface area contributed by atoms with Crippen LogP contribution in [0, 0.1) is 6.92 Å². The smallest absolute Gasteiger partial charge is 0.318 e. The van der Waals surface area contributed by atoms with Gasteiger partial charge in [-0.2, -0.15) is 9.97 Å². The van der Waals surface area contributed by atoms with Crippen molar-refractivity contribution in [2.75, 3.05) is 56.2 Å². The lowest BCUT2D eigenvalue weighted by Gasteiger charge is -2.38. The maximum Gasteiger partial charge on any atom is 0.318 e. The van der Waals surface area contributed by atoms with Gasteiger partial charge in [0, 0.05) is 56.4 Å². The third-order valence-corrected chi connectivity index (χ3v) is 8.65. The lowest BCUT2D eigenvalue weighted by atomic mass is 9.99. The van der Waals surface area contributed by atoms with Gasteiger partial charge in [0.1, 0.15) is 12.4 Å². The summed E-state index contributed by atoms with van der Waals surface area (Å²) >= 11 is 0. The summed E-state index contributed by atoms with van der Waals surface area (Å²) < 4.78 is 19.5. The summed E-state index contributed by atoms with van der Waals surface area (Å²) in [7, 11) is 1.66. The highest BCUT2D eigenvalue weighted by atomic mass is 19.1. The number of ether oxygens (including phenoxy) is 1. The van der Waals surface area contributed by atoms with Crippen molar-refractivity contribution < 1.29 is 23.8 Å². The maximum absolute atomic E-state index is 13.5. The fourth-order valence-electron chi connectivity index (χ4n) is 6.27. The number of likely N-dealkylation sites (tertiary alicyclic amines) is 1. The number of piperazine rings is 1.